The van der Waals surface area contributed by atoms with E-state index in [4.69, 9.17) is 9.52 Å². The highest BCUT2D eigenvalue weighted by molar-refractivity contribution is 5.95. The predicted molar refractivity (Wildman–Crippen MR) is 140 cm³/mol. The Bertz CT molecular complexity index is 1550. The summed E-state index contributed by atoms with van der Waals surface area (Å²) in [6.45, 7) is 10.1. The summed E-state index contributed by atoms with van der Waals surface area (Å²) < 4.78 is 7.45. The van der Waals surface area contributed by atoms with Crippen LogP contribution in [-0.4, -0.2) is 25.9 Å². The van der Waals surface area contributed by atoms with Gasteiger partial charge in [0.2, 0.25) is 5.89 Å². The lowest BCUT2D eigenvalue weighted by Gasteiger charge is -2.20. The summed E-state index contributed by atoms with van der Waals surface area (Å²) in [7, 11) is 0. The van der Waals surface area contributed by atoms with Crippen LogP contribution < -0.4 is 5.32 Å². The van der Waals surface area contributed by atoms with Crippen LogP contribution in [0.15, 0.2) is 77.2 Å². The highest BCUT2D eigenvalue weighted by Crippen LogP contribution is 2.30. The molecule has 0 radical (unpaired) electrons. The Morgan fingerprint density at radius 2 is 1.72 bits per heavy atom. The molecule has 0 fully saturated rings. The van der Waals surface area contributed by atoms with Crippen LogP contribution in [0.2, 0.25) is 0 Å². The summed E-state index contributed by atoms with van der Waals surface area (Å²) in [4.78, 5) is 13.3. The number of carbonyl (C=O) groups is 1. The monoisotopic (exact) mass is 479 g/mol. The van der Waals surface area contributed by atoms with Gasteiger partial charge in [0.25, 0.3) is 11.8 Å². The zero-order chi connectivity index (χ0) is 25.4. The van der Waals surface area contributed by atoms with Gasteiger partial charge in [0.15, 0.2) is 0 Å². The van der Waals surface area contributed by atoms with E-state index in [1.54, 1.807) is 6.92 Å². The Hall–Kier alpha value is -4.26. The number of nitrogens with zero attached hydrogens (tertiary/aromatic N) is 4. The molecule has 0 saturated heterocycles. The third-order valence-electron chi connectivity index (χ3n) is 6.21. The van der Waals surface area contributed by atoms with Crippen molar-refractivity contribution in [3.63, 3.8) is 0 Å². The van der Waals surface area contributed by atoms with E-state index in [1.807, 2.05) is 60.1 Å². The number of benzene rings is 3. The van der Waals surface area contributed by atoms with Gasteiger partial charge >= 0.3 is 0 Å². The fraction of sp³-hybridized carbons (Fsp3) is 0.241. The molecule has 5 rings (SSSR count). The summed E-state index contributed by atoms with van der Waals surface area (Å²) in [5.74, 6) is 0.708. The molecule has 3 aromatic carbocycles. The minimum Gasteiger partial charge on any atom is -0.420 e. The average molecular weight is 480 g/mol. The number of hydrogen-bond acceptors (Lipinski definition) is 5. The molecule has 182 valence electrons. The van der Waals surface area contributed by atoms with Gasteiger partial charge in [-0.2, -0.15) is 5.10 Å². The van der Waals surface area contributed by atoms with E-state index in [-0.39, 0.29) is 17.4 Å². The average Bonchev–Trinajstić information content (AvgIpc) is 3.50. The zero-order valence-electron chi connectivity index (χ0n) is 21.1. The minimum atomic E-state index is -0.207. The van der Waals surface area contributed by atoms with Gasteiger partial charge in [-0.15, -0.1) is 10.2 Å². The number of fused-ring (bicyclic) bond motifs is 1. The van der Waals surface area contributed by atoms with Gasteiger partial charge in [0.1, 0.15) is 5.69 Å². The zero-order valence-corrected chi connectivity index (χ0v) is 21.1. The molecule has 1 amide bonds. The lowest BCUT2D eigenvalue weighted by Crippen LogP contribution is -2.27. The second-order valence-corrected chi connectivity index (χ2v) is 10.0. The van der Waals surface area contributed by atoms with Crippen LogP contribution >= 0.6 is 0 Å². The SMILES string of the molecule is Cc1nnc(-c2cc(C(C)(C)C)n(-c3cccc(C(=O)N[C@@H](C)c4cccc5ccccc45)c3)n2)o1. The normalized spacial score (nSPS) is 12.6. The Morgan fingerprint density at radius 1 is 0.972 bits per heavy atom. The Labute approximate surface area is 210 Å². The molecule has 2 heterocycles. The van der Waals surface area contributed by atoms with Crippen LogP contribution in [-0.2, 0) is 5.41 Å². The maximum atomic E-state index is 13.3. The predicted octanol–water partition coefficient (Wildman–Crippen LogP) is 6.17. The molecular weight excluding hydrogens is 450 g/mol. The Balaban J connectivity index is 1.46. The van der Waals surface area contributed by atoms with Gasteiger partial charge in [0, 0.05) is 17.9 Å². The molecule has 5 aromatic rings. The Kier molecular flexibility index (Phi) is 5.92. The highest BCUT2D eigenvalue weighted by Gasteiger charge is 2.25. The van der Waals surface area contributed by atoms with Crippen molar-refractivity contribution < 1.29 is 9.21 Å². The number of aromatic nitrogens is 4. The van der Waals surface area contributed by atoms with E-state index in [0.717, 1.165) is 27.7 Å². The molecule has 0 unspecified atom stereocenters. The quantitative estimate of drug-likeness (QED) is 0.326. The van der Waals surface area contributed by atoms with Gasteiger partial charge in [0.05, 0.1) is 17.4 Å². The second-order valence-electron chi connectivity index (χ2n) is 10.0. The van der Waals surface area contributed by atoms with E-state index in [0.29, 0.717) is 23.0 Å². The van der Waals surface area contributed by atoms with Crippen LogP contribution in [0.5, 0.6) is 0 Å². The molecule has 0 saturated carbocycles. The molecule has 7 nitrogen and oxygen atoms in total. The molecule has 0 aliphatic heterocycles. The summed E-state index contributed by atoms with van der Waals surface area (Å²) in [6.07, 6.45) is 0. The number of rotatable bonds is 5. The van der Waals surface area contributed by atoms with Gasteiger partial charge in [-0.05, 0) is 47.5 Å². The van der Waals surface area contributed by atoms with Crippen LogP contribution in [0, 0.1) is 6.92 Å². The van der Waals surface area contributed by atoms with E-state index < -0.39 is 0 Å². The van der Waals surface area contributed by atoms with Crippen LogP contribution in [0.25, 0.3) is 28.0 Å². The summed E-state index contributed by atoms with van der Waals surface area (Å²) in [6, 6.07) is 23.7. The molecular formula is C29H29N5O2. The third kappa shape index (κ3) is 4.52. The van der Waals surface area contributed by atoms with Crippen molar-refractivity contribution in [3.8, 4) is 17.3 Å². The molecule has 2 aromatic heterocycles. The van der Waals surface area contributed by atoms with Gasteiger partial charge in [-0.25, -0.2) is 4.68 Å². The van der Waals surface area contributed by atoms with E-state index in [2.05, 4.69) is 60.6 Å². The maximum Gasteiger partial charge on any atom is 0.268 e. The molecule has 1 atom stereocenters. The van der Waals surface area contributed by atoms with Crippen molar-refractivity contribution in [1.82, 2.24) is 25.3 Å². The second kappa shape index (κ2) is 9.07. The van der Waals surface area contributed by atoms with Crippen molar-refractivity contribution in [2.24, 2.45) is 0 Å². The number of amides is 1. The fourth-order valence-electron chi connectivity index (χ4n) is 4.38. The largest absolute Gasteiger partial charge is 0.420 e. The summed E-state index contributed by atoms with van der Waals surface area (Å²) in [5.41, 5.74) is 3.79. The third-order valence-corrected chi connectivity index (χ3v) is 6.21. The molecule has 7 heteroatoms. The van der Waals surface area contributed by atoms with Crippen LogP contribution in [0.1, 0.15) is 61.2 Å². The smallest absolute Gasteiger partial charge is 0.268 e. The van der Waals surface area contributed by atoms with E-state index in [9.17, 15) is 4.79 Å². The van der Waals surface area contributed by atoms with Gasteiger partial charge in [-0.1, -0.05) is 69.3 Å². The standard InChI is InChI=1S/C29H29N5O2/c1-18(23-15-9-11-20-10-6-7-14-24(20)23)30-27(35)21-12-8-13-22(16-21)34-26(29(3,4)5)17-25(33-34)28-32-31-19(2)36-28/h6-18H,1-5H3,(H,30,35)/t18-/m0/s1. The molecule has 0 aliphatic carbocycles. The molecule has 0 bridgehead atoms. The van der Waals surface area contributed by atoms with Gasteiger partial charge in [-0.3, -0.25) is 4.79 Å². The number of hydrogen-bond donors (Lipinski definition) is 1. The van der Waals surface area contributed by atoms with Crippen molar-refractivity contribution in [2.75, 3.05) is 0 Å². The maximum absolute atomic E-state index is 13.3. The first-order valence-corrected chi connectivity index (χ1v) is 12.0. The first kappa shape index (κ1) is 23.5. The van der Waals surface area contributed by atoms with Crippen molar-refractivity contribution in [2.45, 2.75) is 46.1 Å². The summed E-state index contributed by atoms with van der Waals surface area (Å²) >= 11 is 0. The molecule has 1 N–H and O–H groups in total. The molecule has 36 heavy (non-hydrogen) atoms. The van der Waals surface area contributed by atoms with E-state index >= 15 is 0 Å². The van der Waals surface area contributed by atoms with E-state index in [1.165, 1.54) is 0 Å². The number of aryl methyl sites for hydroxylation is 1. The molecule has 0 aliphatic rings. The van der Waals surface area contributed by atoms with Crippen molar-refractivity contribution in [1.29, 1.82) is 0 Å². The molecule has 0 spiro atoms. The summed E-state index contributed by atoms with van der Waals surface area (Å²) in [5, 5.41) is 18.3. The van der Waals surface area contributed by atoms with Crippen LogP contribution in [0.4, 0.5) is 0 Å². The Morgan fingerprint density at radius 3 is 2.47 bits per heavy atom. The number of nitrogens with one attached hydrogen (secondary N) is 1. The van der Waals surface area contributed by atoms with Crippen molar-refractivity contribution >= 4 is 16.7 Å². The highest BCUT2D eigenvalue weighted by atomic mass is 16.4. The first-order chi connectivity index (χ1) is 17.2. The van der Waals surface area contributed by atoms with Gasteiger partial charge < -0.3 is 9.73 Å². The van der Waals surface area contributed by atoms with Crippen LogP contribution in [0.3, 0.4) is 0 Å². The number of carbonyl (C=O) groups excluding carboxylic acids is 1. The fourth-order valence-corrected chi connectivity index (χ4v) is 4.38. The topological polar surface area (TPSA) is 85.8 Å². The first-order valence-electron chi connectivity index (χ1n) is 12.0. The lowest BCUT2D eigenvalue weighted by atomic mass is 9.91. The lowest BCUT2D eigenvalue weighted by molar-refractivity contribution is 0.0940. The van der Waals surface area contributed by atoms with Crippen molar-refractivity contribution in [3.05, 3.63) is 95.5 Å². The minimum absolute atomic E-state index is 0.144.